The molecule has 13 heavy (non-hydrogen) atoms. The summed E-state index contributed by atoms with van der Waals surface area (Å²) in [5.74, 6) is -0.453. The highest BCUT2D eigenvalue weighted by Crippen LogP contribution is 2.08. The van der Waals surface area contributed by atoms with E-state index in [0.717, 1.165) is 0 Å². The van der Waals surface area contributed by atoms with E-state index in [1.54, 1.807) is 6.92 Å². The van der Waals surface area contributed by atoms with Crippen molar-refractivity contribution in [1.82, 2.24) is 5.32 Å². The zero-order chi connectivity index (χ0) is 10.4. The van der Waals surface area contributed by atoms with Crippen LogP contribution in [0.25, 0.3) is 0 Å². The Kier molecular flexibility index (Phi) is 5.81. The van der Waals surface area contributed by atoms with Gasteiger partial charge < -0.3 is 25.4 Å². The van der Waals surface area contributed by atoms with Gasteiger partial charge >= 0.3 is 0 Å². The van der Waals surface area contributed by atoms with Gasteiger partial charge in [-0.05, 0) is 7.05 Å². The molecular formula is C8H17NO4. The van der Waals surface area contributed by atoms with Crippen molar-refractivity contribution in [3.8, 4) is 0 Å². The molecule has 0 aromatic rings. The lowest BCUT2D eigenvalue weighted by molar-refractivity contribution is -0.116. The van der Waals surface area contributed by atoms with Gasteiger partial charge in [-0.1, -0.05) is 6.92 Å². The number of carbonyl (C=O) groups is 1. The first kappa shape index (κ1) is 12.5. The number of rotatable bonds is 6. The zero-order valence-corrected chi connectivity index (χ0v) is 7.84. The summed E-state index contributed by atoms with van der Waals surface area (Å²) >= 11 is 0. The molecule has 4 N–H and O–H groups in total. The van der Waals surface area contributed by atoms with Crippen LogP contribution in [0.2, 0.25) is 0 Å². The number of nitrogens with one attached hydrogen (secondary N) is 1. The minimum absolute atomic E-state index is 0.229. The lowest BCUT2D eigenvalue weighted by atomic mass is 9.96. The Hall–Kier alpha value is -0.490. The third kappa shape index (κ3) is 3.40. The molecule has 1 unspecified atom stereocenters. The summed E-state index contributed by atoms with van der Waals surface area (Å²) in [6, 6.07) is -0.802. The van der Waals surface area contributed by atoms with Crippen LogP contribution < -0.4 is 5.32 Å². The first-order valence-corrected chi connectivity index (χ1v) is 4.18. The van der Waals surface area contributed by atoms with Crippen LogP contribution in [0, 0.1) is 5.92 Å². The largest absolute Gasteiger partial charge is 0.396 e. The van der Waals surface area contributed by atoms with Crippen molar-refractivity contribution in [2.24, 2.45) is 5.92 Å². The van der Waals surface area contributed by atoms with Crippen LogP contribution >= 0.6 is 0 Å². The summed E-state index contributed by atoms with van der Waals surface area (Å²) in [5.41, 5.74) is 0. The number of aliphatic hydroxyl groups is 3. The molecule has 0 aliphatic carbocycles. The smallest absolute Gasteiger partial charge is 0.139 e. The minimum Gasteiger partial charge on any atom is -0.396 e. The van der Waals surface area contributed by atoms with Gasteiger partial charge in [-0.15, -0.1) is 0 Å². The summed E-state index contributed by atoms with van der Waals surface area (Å²) in [6.07, 6.45) is -1.77. The monoisotopic (exact) mass is 191 g/mol. The predicted octanol–water partition coefficient (Wildman–Crippen LogP) is -1.88. The van der Waals surface area contributed by atoms with Gasteiger partial charge in [0.1, 0.15) is 12.4 Å². The Morgan fingerprint density at radius 3 is 2.23 bits per heavy atom. The molecular weight excluding hydrogens is 174 g/mol. The molecule has 0 spiro atoms. The van der Waals surface area contributed by atoms with Crippen molar-refractivity contribution in [1.29, 1.82) is 0 Å². The number of hydrogen-bond acceptors (Lipinski definition) is 5. The molecule has 0 heterocycles. The highest BCUT2D eigenvalue weighted by atomic mass is 16.3. The first-order valence-electron chi connectivity index (χ1n) is 4.18. The standard InChI is InChI=1S/C8H17NO4/c1-5(3-10)7(12)8(13)6(4-11)9-2/h4-10,12-13H,3H2,1-2H3/t5-,6?,7-,8-/m1/s1. The summed E-state index contributed by atoms with van der Waals surface area (Å²) in [4.78, 5) is 10.4. The predicted molar refractivity (Wildman–Crippen MR) is 47.2 cm³/mol. The number of aldehydes is 1. The van der Waals surface area contributed by atoms with E-state index >= 15 is 0 Å². The van der Waals surface area contributed by atoms with Crippen LogP contribution in [0.4, 0.5) is 0 Å². The minimum atomic E-state index is -1.19. The molecule has 0 radical (unpaired) electrons. The molecule has 5 heteroatoms. The molecule has 0 saturated carbocycles. The Bertz CT molecular complexity index is 153. The maximum Gasteiger partial charge on any atom is 0.139 e. The summed E-state index contributed by atoms with van der Waals surface area (Å²) in [7, 11) is 1.51. The third-order valence-corrected chi connectivity index (χ3v) is 2.07. The highest BCUT2D eigenvalue weighted by molar-refractivity contribution is 5.58. The van der Waals surface area contributed by atoms with Gasteiger partial charge in [-0.25, -0.2) is 0 Å². The Balaban J connectivity index is 4.21. The fourth-order valence-corrected chi connectivity index (χ4v) is 0.976. The molecule has 0 fully saturated rings. The number of likely N-dealkylation sites (N-methyl/N-ethyl adjacent to an activating group) is 1. The second-order valence-electron chi connectivity index (χ2n) is 3.09. The lowest BCUT2D eigenvalue weighted by Gasteiger charge is -2.25. The molecule has 0 aliphatic rings. The van der Waals surface area contributed by atoms with Crippen LogP contribution in [0.15, 0.2) is 0 Å². The molecule has 0 aromatic heterocycles. The quantitative estimate of drug-likeness (QED) is 0.369. The fourth-order valence-electron chi connectivity index (χ4n) is 0.976. The first-order chi connectivity index (χ1) is 6.08. The van der Waals surface area contributed by atoms with E-state index in [1.165, 1.54) is 7.05 Å². The molecule has 0 aliphatic heterocycles. The van der Waals surface area contributed by atoms with Crippen molar-refractivity contribution in [2.75, 3.05) is 13.7 Å². The van der Waals surface area contributed by atoms with E-state index in [9.17, 15) is 15.0 Å². The van der Waals surface area contributed by atoms with E-state index in [2.05, 4.69) is 5.32 Å². The van der Waals surface area contributed by atoms with Crippen molar-refractivity contribution >= 4 is 6.29 Å². The maximum absolute atomic E-state index is 10.4. The van der Waals surface area contributed by atoms with Crippen LogP contribution in [-0.4, -0.2) is 53.5 Å². The van der Waals surface area contributed by atoms with E-state index < -0.39 is 24.2 Å². The maximum atomic E-state index is 10.4. The van der Waals surface area contributed by atoms with Crippen LogP contribution in [0.5, 0.6) is 0 Å². The average molecular weight is 191 g/mol. The van der Waals surface area contributed by atoms with Gasteiger partial charge in [-0.2, -0.15) is 0 Å². The van der Waals surface area contributed by atoms with Gasteiger partial charge in [0.05, 0.1) is 12.1 Å². The zero-order valence-electron chi connectivity index (χ0n) is 7.84. The highest BCUT2D eigenvalue weighted by Gasteiger charge is 2.28. The van der Waals surface area contributed by atoms with Gasteiger partial charge in [0.2, 0.25) is 0 Å². The third-order valence-electron chi connectivity index (χ3n) is 2.07. The van der Waals surface area contributed by atoms with Crippen molar-refractivity contribution < 1.29 is 20.1 Å². The van der Waals surface area contributed by atoms with Crippen LogP contribution in [0.1, 0.15) is 6.92 Å². The Morgan fingerprint density at radius 2 is 1.92 bits per heavy atom. The van der Waals surface area contributed by atoms with Gasteiger partial charge in [0.25, 0.3) is 0 Å². The van der Waals surface area contributed by atoms with E-state index in [-0.39, 0.29) is 6.61 Å². The molecule has 0 saturated heterocycles. The van der Waals surface area contributed by atoms with Gasteiger partial charge in [0.15, 0.2) is 0 Å². The normalized spacial score (nSPS) is 20.4. The SMILES string of the molecule is CNC(C=O)[C@@H](O)[C@H](O)[C@H](C)CO. The van der Waals surface area contributed by atoms with E-state index in [1.807, 2.05) is 0 Å². The average Bonchev–Trinajstić information content (AvgIpc) is 2.17. The molecule has 0 rings (SSSR count). The van der Waals surface area contributed by atoms with E-state index in [4.69, 9.17) is 5.11 Å². The number of hydrogen-bond donors (Lipinski definition) is 4. The molecule has 78 valence electrons. The summed E-state index contributed by atoms with van der Waals surface area (Å²) in [5, 5.41) is 30.1. The summed E-state index contributed by atoms with van der Waals surface area (Å²) < 4.78 is 0. The Morgan fingerprint density at radius 1 is 1.38 bits per heavy atom. The van der Waals surface area contributed by atoms with E-state index in [0.29, 0.717) is 6.29 Å². The van der Waals surface area contributed by atoms with Crippen LogP contribution in [-0.2, 0) is 4.79 Å². The van der Waals surface area contributed by atoms with Crippen molar-refractivity contribution in [2.45, 2.75) is 25.2 Å². The Labute approximate surface area is 77.4 Å². The lowest BCUT2D eigenvalue weighted by Crippen LogP contribution is -2.48. The van der Waals surface area contributed by atoms with Gasteiger partial charge in [0, 0.05) is 12.5 Å². The topological polar surface area (TPSA) is 89.8 Å². The molecule has 0 aromatic carbocycles. The molecule has 5 nitrogen and oxygen atoms in total. The molecule has 0 bridgehead atoms. The van der Waals surface area contributed by atoms with Crippen molar-refractivity contribution in [3.63, 3.8) is 0 Å². The second kappa shape index (κ2) is 6.04. The van der Waals surface area contributed by atoms with Gasteiger partial charge in [-0.3, -0.25) is 0 Å². The molecule has 0 amide bonds. The van der Waals surface area contributed by atoms with Crippen LogP contribution in [0.3, 0.4) is 0 Å². The number of carbonyl (C=O) groups excluding carboxylic acids is 1. The second-order valence-corrected chi connectivity index (χ2v) is 3.09. The fraction of sp³-hybridized carbons (Fsp3) is 0.875. The summed E-state index contributed by atoms with van der Waals surface area (Å²) in [6.45, 7) is 1.36. The number of aliphatic hydroxyl groups excluding tert-OH is 3. The van der Waals surface area contributed by atoms with Crippen molar-refractivity contribution in [3.05, 3.63) is 0 Å². The molecule has 4 atom stereocenters.